The molecule has 6 nitrogen and oxygen atoms in total. The number of hydrogen-bond acceptors (Lipinski definition) is 5. The van der Waals surface area contributed by atoms with Gasteiger partial charge < -0.3 is 14.0 Å². The highest BCUT2D eigenvalue weighted by molar-refractivity contribution is 6.15. The maximum atomic E-state index is 13.4. The van der Waals surface area contributed by atoms with E-state index in [1.807, 2.05) is 28.8 Å². The summed E-state index contributed by atoms with van der Waals surface area (Å²) in [5.74, 6) is -0.602. The minimum absolute atomic E-state index is 0.0169. The van der Waals surface area contributed by atoms with Crippen molar-refractivity contribution in [2.75, 3.05) is 13.2 Å². The zero-order chi connectivity index (χ0) is 26.9. The number of Topliss-reactive ketones (excluding diaryl/α,β-unsaturated/α-hetero) is 1. The van der Waals surface area contributed by atoms with E-state index in [4.69, 9.17) is 9.47 Å². The summed E-state index contributed by atoms with van der Waals surface area (Å²) < 4.78 is 12.3. The number of esters is 2. The van der Waals surface area contributed by atoms with Gasteiger partial charge in [-0.15, -0.1) is 0 Å². The van der Waals surface area contributed by atoms with E-state index in [9.17, 15) is 14.4 Å². The summed E-state index contributed by atoms with van der Waals surface area (Å²) in [6.45, 7) is 7.06. The monoisotopic (exact) mass is 513 g/mol. The number of aryl methyl sites for hydroxylation is 1. The maximum absolute atomic E-state index is 13.4. The molecule has 0 aliphatic rings. The molecule has 0 amide bonds. The summed E-state index contributed by atoms with van der Waals surface area (Å²) in [7, 11) is 0. The molecule has 206 valence electrons. The third kappa shape index (κ3) is 9.98. The largest absolute Gasteiger partial charge is 0.466 e. The van der Waals surface area contributed by atoms with Crippen molar-refractivity contribution in [2.45, 2.75) is 117 Å². The van der Waals surface area contributed by atoms with Gasteiger partial charge in [-0.2, -0.15) is 0 Å². The van der Waals surface area contributed by atoms with Crippen LogP contribution in [0.25, 0.3) is 10.9 Å². The van der Waals surface area contributed by atoms with Gasteiger partial charge in [0.2, 0.25) is 0 Å². The highest BCUT2D eigenvalue weighted by Gasteiger charge is 2.27. The van der Waals surface area contributed by atoms with Crippen LogP contribution in [0, 0.1) is 0 Å². The predicted molar refractivity (Wildman–Crippen MR) is 149 cm³/mol. The minimum Gasteiger partial charge on any atom is -0.466 e. The van der Waals surface area contributed by atoms with E-state index in [0.29, 0.717) is 37.3 Å². The lowest BCUT2D eigenvalue weighted by Crippen LogP contribution is -2.16. The Hall–Kier alpha value is -2.63. The van der Waals surface area contributed by atoms with Crippen LogP contribution in [0.2, 0.25) is 0 Å². The van der Waals surface area contributed by atoms with Crippen LogP contribution in [0.3, 0.4) is 0 Å². The molecular formula is C31H47NO5. The number of benzene rings is 1. The fourth-order valence-corrected chi connectivity index (χ4v) is 4.90. The average Bonchev–Trinajstić information content (AvgIpc) is 3.22. The molecule has 0 aliphatic heterocycles. The number of hydrogen-bond donors (Lipinski definition) is 0. The normalized spacial score (nSPS) is 11.1. The smallest absolute Gasteiger partial charge is 0.355 e. The van der Waals surface area contributed by atoms with E-state index in [0.717, 1.165) is 49.4 Å². The number of ketones is 1. The maximum Gasteiger partial charge on any atom is 0.355 e. The molecule has 1 heterocycles. The molecule has 2 rings (SSSR count). The SMILES string of the molecule is CCCCCCCCCCCC(=O)c1c(C(=O)OCC)n(CCCCCC(=O)OCC)c2ccccc12. The van der Waals surface area contributed by atoms with Crippen LogP contribution in [-0.2, 0) is 20.8 Å². The van der Waals surface area contributed by atoms with Gasteiger partial charge in [-0.05, 0) is 39.2 Å². The average molecular weight is 514 g/mol. The molecule has 6 heteroatoms. The van der Waals surface area contributed by atoms with Gasteiger partial charge in [-0.1, -0.05) is 82.9 Å². The predicted octanol–water partition coefficient (Wildman–Crippen LogP) is 8.05. The van der Waals surface area contributed by atoms with Crippen molar-refractivity contribution >= 4 is 28.6 Å². The van der Waals surface area contributed by atoms with Gasteiger partial charge >= 0.3 is 11.9 Å². The van der Waals surface area contributed by atoms with Gasteiger partial charge in [-0.3, -0.25) is 9.59 Å². The summed E-state index contributed by atoms with van der Waals surface area (Å²) in [5, 5.41) is 0.818. The number of para-hydroxylation sites is 1. The molecule has 0 atom stereocenters. The summed E-state index contributed by atoms with van der Waals surface area (Å²) in [4.78, 5) is 38.1. The lowest BCUT2D eigenvalue weighted by molar-refractivity contribution is -0.143. The van der Waals surface area contributed by atoms with Gasteiger partial charge in [0.05, 0.1) is 18.8 Å². The summed E-state index contributed by atoms with van der Waals surface area (Å²) in [6, 6.07) is 7.74. The van der Waals surface area contributed by atoms with E-state index < -0.39 is 5.97 Å². The quantitative estimate of drug-likeness (QED) is 0.102. The van der Waals surface area contributed by atoms with Crippen molar-refractivity contribution < 1.29 is 23.9 Å². The van der Waals surface area contributed by atoms with Gasteiger partial charge in [0.1, 0.15) is 5.69 Å². The molecule has 0 unspecified atom stereocenters. The molecule has 2 aromatic rings. The second kappa shape index (κ2) is 17.8. The van der Waals surface area contributed by atoms with Crippen molar-refractivity contribution in [1.29, 1.82) is 0 Å². The second-order valence-electron chi connectivity index (χ2n) is 9.73. The van der Waals surface area contributed by atoms with Crippen molar-refractivity contribution in [3.63, 3.8) is 0 Å². The third-order valence-corrected chi connectivity index (χ3v) is 6.79. The van der Waals surface area contributed by atoms with Crippen LogP contribution in [-0.4, -0.2) is 35.5 Å². The van der Waals surface area contributed by atoms with E-state index in [1.54, 1.807) is 13.8 Å². The van der Waals surface area contributed by atoms with Crippen LogP contribution in [0.5, 0.6) is 0 Å². The lowest BCUT2D eigenvalue weighted by Gasteiger charge is -2.11. The summed E-state index contributed by atoms with van der Waals surface area (Å²) >= 11 is 0. The van der Waals surface area contributed by atoms with Crippen molar-refractivity contribution in [3.05, 3.63) is 35.5 Å². The van der Waals surface area contributed by atoms with Crippen LogP contribution in [0.15, 0.2) is 24.3 Å². The molecule has 0 saturated carbocycles. The van der Waals surface area contributed by atoms with Crippen molar-refractivity contribution in [1.82, 2.24) is 4.57 Å². The molecule has 0 aliphatic carbocycles. The van der Waals surface area contributed by atoms with E-state index in [1.165, 1.54) is 38.5 Å². The van der Waals surface area contributed by atoms with Crippen LogP contribution < -0.4 is 0 Å². The Morgan fingerprint density at radius 1 is 0.703 bits per heavy atom. The van der Waals surface area contributed by atoms with Crippen LogP contribution >= 0.6 is 0 Å². The number of rotatable bonds is 20. The van der Waals surface area contributed by atoms with Gasteiger partial charge in [0.15, 0.2) is 5.78 Å². The first-order valence-corrected chi connectivity index (χ1v) is 14.5. The molecule has 0 radical (unpaired) electrons. The van der Waals surface area contributed by atoms with Crippen LogP contribution in [0.1, 0.15) is 132 Å². The Bertz CT molecular complexity index is 977. The lowest BCUT2D eigenvalue weighted by atomic mass is 10.00. The number of carbonyl (C=O) groups is 3. The second-order valence-corrected chi connectivity index (χ2v) is 9.73. The summed E-state index contributed by atoms with van der Waals surface area (Å²) in [5.41, 5.74) is 1.75. The summed E-state index contributed by atoms with van der Waals surface area (Å²) in [6.07, 6.45) is 13.9. The van der Waals surface area contributed by atoms with E-state index in [-0.39, 0.29) is 18.4 Å². The first-order chi connectivity index (χ1) is 18.0. The first-order valence-electron chi connectivity index (χ1n) is 14.5. The Morgan fingerprint density at radius 2 is 1.30 bits per heavy atom. The molecule has 0 N–H and O–H groups in total. The Balaban J connectivity index is 2.07. The number of unbranched alkanes of at least 4 members (excludes halogenated alkanes) is 10. The Kier molecular flexibility index (Phi) is 14.7. The highest BCUT2D eigenvalue weighted by atomic mass is 16.5. The minimum atomic E-state index is -0.444. The number of carbonyl (C=O) groups excluding carboxylic acids is 3. The zero-order valence-electron chi connectivity index (χ0n) is 23.3. The standard InChI is InChI=1S/C31H47NO5/c1-4-7-8-9-10-11-12-13-15-22-27(33)29-25-20-17-18-21-26(25)32(30(29)31(35)37-6-3)24-19-14-16-23-28(34)36-5-2/h17-18,20-21H,4-16,19,22-24H2,1-3H3. The van der Waals surface area contributed by atoms with Crippen molar-refractivity contribution in [2.24, 2.45) is 0 Å². The zero-order valence-corrected chi connectivity index (χ0v) is 23.3. The molecule has 1 aromatic carbocycles. The number of aromatic nitrogens is 1. The van der Waals surface area contributed by atoms with Crippen LogP contribution in [0.4, 0.5) is 0 Å². The molecule has 0 bridgehead atoms. The van der Waals surface area contributed by atoms with Crippen molar-refractivity contribution in [3.8, 4) is 0 Å². The third-order valence-electron chi connectivity index (χ3n) is 6.79. The van der Waals surface area contributed by atoms with E-state index >= 15 is 0 Å². The Labute approximate surface area is 223 Å². The molecular weight excluding hydrogens is 466 g/mol. The number of nitrogens with zero attached hydrogens (tertiary/aromatic N) is 1. The molecule has 0 fully saturated rings. The fourth-order valence-electron chi connectivity index (χ4n) is 4.90. The highest BCUT2D eigenvalue weighted by Crippen LogP contribution is 2.29. The first kappa shape index (κ1) is 30.6. The fraction of sp³-hybridized carbons (Fsp3) is 0.645. The van der Waals surface area contributed by atoms with E-state index in [2.05, 4.69) is 6.92 Å². The molecule has 37 heavy (non-hydrogen) atoms. The molecule has 0 spiro atoms. The Morgan fingerprint density at radius 3 is 1.97 bits per heavy atom. The van der Waals surface area contributed by atoms with Gasteiger partial charge in [0, 0.05) is 30.3 Å². The van der Waals surface area contributed by atoms with Gasteiger partial charge in [-0.25, -0.2) is 4.79 Å². The topological polar surface area (TPSA) is 74.6 Å². The number of fused-ring (bicyclic) bond motifs is 1. The molecule has 1 aromatic heterocycles. The van der Waals surface area contributed by atoms with Gasteiger partial charge in [0.25, 0.3) is 0 Å². The number of ether oxygens (including phenoxy) is 2. The molecule has 0 saturated heterocycles.